The fraction of sp³-hybridized carbons (Fsp3) is 0. The molecule has 264 valence electrons. The van der Waals surface area contributed by atoms with Gasteiger partial charge in [-0.3, -0.25) is 4.57 Å². The Kier molecular flexibility index (Phi) is 6.45. The van der Waals surface area contributed by atoms with Crippen LogP contribution in [0.2, 0.25) is 0 Å². The average molecular weight is 761 g/mol. The normalized spacial score (nSPS) is 12.2. The molecule has 0 fully saturated rings. The van der Waals surface area contributed by atoms with E-state index < -0.39 is 0 Å². The van der Waals surface area contributed by atoms with Gasteiger partial charge in [0.05, 0.1) is 11.0 Å². The van der Waals surface area contributed by atoms with Crippen LogP contribution in [0.4, 0.5) is 0 Å². The van der Waals surface area contributed by atoms with Crippen LogP contribution in [0.25, 0.3) is 123 Å². The van der Waals surface area contributed by atoms with Crippen molar-refractivity contribution in [3.8, 4) is 28.7 Å². The van der Waals surface area contributed by atoms with E-state index in [2.05, 4.69) is 174 Å². The Bertz CT molecular complexity index is 3700. The van der Waals surface area contributed by atoms with E-state index in [9.17, 15) is 0 Å². The molecule has 0 radical (unpaired) electrons. The fourth-order valence-electron chi connectivity index (χ4n) is 9.22. The third-order valence-electron chi connectivity index (χ3n) is 11.6. The maximum absolute atomic E-state index is 5.46. The molecule has 13 rings (SSSR count). The van der Waals surface area contributed by atoms with E-state index in [1.807, 2.05) is 22.7 Å². The summed E-state index contributed by atoms with van der Waals surface area (Å²) < 4.78 is 7.18. The maximum atomic E-state index is 5.46. The van der Waals surface area contributed by atoms with Gasteiger partial charge in [0.1, 0.15) is 0 Å². The molecule has 9 aromatic carbocycles. The zero-order chi connectivity index (χ0) is 37.2. The van der Waals surface area contributed by atoms with Crippen LogP contribution in [0.1, 0.15) is 0 Å². The standard InChI is InChI=1S/C51H28N4S2/c1-2-12-31-29(11-1)23-24-30-25-26-33-32(45(30)31)27-28-40-46(33)34-13-3-6-18-39(34)55(40)51-53-49(37-16-9-21-43-47(37)35-14-4-7-19-41(35)56-43)52-50(54-51)38-17-10-22-44-48(38)36-15-5-8-20-42(36)57-44/h1-28H. The lowest BCUT2D eigenvalue weighted by molar-refractivity contribution is 0.955. The second-order valence-corrected chi connectivity index (χ2v) is 16.9. The molecule has 0 amide bonds. The molecule has 0 bridgehead atoms. The van der Waals surface area contributed by atoms with E-state index in [1.54, 1.807) is 0 Å². The van der Waals surface area contributed by atoms with Crippen LogP contribution in [-0.2, 0) is 0 Å². The molecule has 4 nitrogen and oxygen atoms in total. The van der Waals surface area contributed by atoms with Gasteiger partial charge < -0.3 is 0 Å². The van der Waals surface area contributed by atoms with Gasteiger partial charge in [-0.2, -0.15) is 9.97 Å². The summed E-state index contributed by atoms with van der Waals surface area (Å²) in [5.41, 5.74) is 4.12. The van der Waals surface area contributed by atoms with E-state index in [0.717, 1.165) is 27.5 Å². The Hall–Kier alpha value is -6.99. The predicted octanol–water partition coefficient (Wildman–Crippen LogP) is 14.5. The molecule has 13 aromatic rings. The summed E-state index contributed by atoms with van der Waals surface area (Å²) >= 11 is 3.62. The molecule has 0 saturated heterocycles. The molecule has 0 aliphatic rings. The molecule has 0 unspecified atom stereocenters. The molecule has 0 atom stereocenters. The summed E-state index contributed by atoms with van der Waals surface area (Å²) in [4.78, 5) is 16.3. The molecule has 0 spiro atoms. The molecule has 57 heavy (non-hydrogen) atoms. The Balaban J connectivity index is 1.16. The van der Waals surface area contributed by atoms with Crippen LogP contribution in [0.5, 0.6) is 0 Å². The summed E-state index contributed by atoms with van der Waals surface area (Å²) in [6.07, 6.45) is 0. The van der Waals surface area contributed by atoms with Crippen molar-refractivity contribution in [1.82, 2.24) is 19.5 Å². The summed E-state index contributed by atoms with van der Waals surface area (Å²) in [7, 11) is 0. The van der Waals surface area contributed by atoms with Crippen molar-refractivity contribution in [2.75, 3.05) is 0 Å². The zero-order valence-corrected chi connectivity index (χ0v) is 31.9. The van der Waals surface area contributed by atoms with Crippen molar-refractivity contribution in [2.45, 2.75) is 0 Å². The lowest BCUT2D eigenvalue weighted by atomic mass is 9.94. The molecule has 6 heteroatoms. The van der Waals surface area contributed by atoms with Crippen LogP contribution < -0.4 is 0 Å². The Morgan fingerprint density at radius 1 is 0.316 bits per heavy atom. The van der Waals surface area contributed by atoms with Crippen molar-refractivity contribution < 1.29 is 0 Å². The SMILES string of the molecule is c1ccc2c(c1)ccc1ccc3c(ccc4c3c3ccccc3n4-c3nc(-c4cccc5sc6ccccc6c45)nc(-c4cccc5sc6ccccc6c45)n3)c12. The smallest absolute Gasteiger partial charge is 0.238 e. The molecule has 0 aliphatic carbocycles. The first kappa shape index (κ1) is 31.2. The minimum atomic E-state index is 0.597. The van der Waals surface area contributed by atoms with Gasteiger partial charge in [-0.05, 0) is 68.7 Å². The molecule has 4 aromatic heterocycles. The summed E-state index contributed by atoms with van der Waals surface area (Å²) in [6, 6.07) is 61.2. The van der Waals surface area contributed by atoms with Crippen LogP contribution in [0.3, 0.4) is 0 Å². The highest BCUT2D eigenvalue weighted by atomic mass is 32.1. The molecule has 0 saturated carbocycles. The van der Waals surface area contributed by atoms with Gasteiger partial charge in [-0.25, -0.2) is 4.98 Å². The second-order valence-electron chi connectivity index (χ2n) is 14.7. The summed E-state index contributed by atoms with van der Waals surface area (Å²) in [6.45, 7) is 0. The van der Waals surface area contributed by atoms with Crippen molar-refractivity contribution >= 4 is 117 Å². The van der Waals surface area contributed by atoms with E-state index in [-0.39, 0.29) is 0 Å². The number of thiophene rings is 2. The van der Waals surface area contributed by atoms with Gasteiger partial charge in [0, 0.05) is 62.2 Å². The quantitative estimate of drug-likeness (QED) is 0.168. The third-order valence-corrected chi connectivity index (χ3v) is 13.9. The lowest BCUT2D eigenvalue weighted by Crippen LogP contribution is -2.06. The monoisotopic (exact) mass is 760 g/mol. The minimum absolute atomic E-state index is 0.597. The highest BCUT2D eigenvalue weighted by Gasteiger charge is 2.23. The predicted molar refractivity (Wildman–Crippen MR) is 243 cm³/mol. The fourth-order valence-corrected chi connectivity index (χ4v) is 11.5. The molecular weight excluding hydrogens is 733 g/mol. The van der Waals surface area contributed by atoms with Crippen LogP contribution in [0, 0.1) is 0 Å². The topological polar surface area (TPSA) is 43.6 Å². The average Bonchev–Trinajstić information content (AvgIpc) is 3.95. The van der Waals surface area contributed by atoms with E-state index >= 15 is 0 Å². The van der Waals surface area contributed by atoms with Gasteiger partial charge in [-0.1, -0.05) is 133 Å². The van der Waals surface area contributed by atoms with Gasteiger partial charge in [0.25, 0.3) is 0 Å². The van der Waals surface area contributed by atoms with E-state index in [4.69, 9.17) is 15.0 Å². The molecule has 0 N–H and O–H groups in total. The van der Waals surface area contributed by atoms with E-state index in [0.29, 0.717) is 17.6 Å². The number of aromatic nitrogens is 4. The third kappa shape index (κ3) is 4.45. The first-order valence-corrected chi connectivity index (χ1v) is 20.7. The second kappa shape index (κ2) is 11.8. The number of fused-ring (bicyclic) bond motifs is 15. The first-order chi connectivity index (χ1) is 28.3. The largest absolute Gasteiger partial charge is 0.278 e. The number of benzene rings is 9. The zero-order valence-electron chi connectivity index (χ0n) is 30.3. The summed E-state index contributed by atoms with van der Waals surface area (Å²) in [5, 5.41) is 14.6. The van der Waals surface area contributed by atoms with Crippen molar-refractivity contribution in [1.29, 1.82) is 0 Å². The summed E-state index contributed by atoms with van der Waals surface area (Å²) in [5.74, 6) is 1.91. The highest BCUT2D eigenvalue weighted by molar-refractivity contribution is 7.26. The molecule has 4 heterocycles. The number of para-hydroxylation sites is 1. The number of hydrogen-bond donors (Lipinski definition) is 0. The maximum Gasteiger partial charge on any atom is 0.238 e. The van der Waals surface area contributed by atoms with Gasteiger partial charge in [0.15, 0.2) is 11.6 Å². The number of rotatable bonds is 3. The Labute approximate surface area is 333 Å². The van der Waals surface area contributed by atoms with Gasteiger partial charge >= 0.3 is 0 Å². The van der Waals surface area contributed by atoms with Crippen molar-refractivity contribution in [3.63, 3.8) is 0 Å². The van der Waals surface area contributed by atoms with Gasteiger partial charge in [-0.15, -0.1) is 22.7 Å². The van der Waals surface area contributed by atoms with Gasteiger partial charge in [0.2, 0.25) is 5.95 Å². The Morgan fingerprint density at radius 3 is 1.54 bits per heavy atom. The van der Waals surface area contributed by atoms with Crippen molar-refractivity contribution in [3.05, 3.63) is 170 Å². The minimum Gasteiger partial charge on any atom is -0.278 e. The van der Waals surface area contributed by atoms with Crippen LogP contribution >= 0.6 is 22.7 Å². The van der Waals surface area contributed by atoms with E-state index in [1.165, 1.54) is 78.0 Å². The Morgan fingerprint density at radius 2 is 0.842 bits per heavy atom. The number of nitrogens with zero attached hydrogens (tertiary/aromatic N) is 4. The van der Waals surface area contributed by atoms with Crippen LogP contribution in [-0.4, -0.2) is 19.5 Å². The first-order valence-electron chi connectivity index (χ1n) is 19.1. The number of hydrogen-bond acceptors (Lipinski definition) is 5. The van der Waals surface area contributed by atoms with Crippen LogP contribution in [0.15, 0.2) is 170 Å². The highest BCUT2D eigenvalue weighted by Crippen LogP contribution is 2.44. The van der Waals surface area contributed by atoms with Crippen molar-refractivity contribution in [2.24, 2.45) is 0 Å². The molecular formula is C51H28N4S2. The molecule has 0 aliphatic heterocycles. The lowest BCUT2D eigenvalue weighted by Gasteiger charge is -2.13.